The molecular weight excluding hydrogens is 564 g/mol. The molecule has 0 amide bonds. The summed E-state index contributed by atoms with van der Waals surface area (Å²) in [6.07, 6.45) is -0.179. The zero-order valence-corrected chi connectivity index (χ0v) is 24.0. The summed E-state index contributed by atoms with van der Waals surface area (Å²) < 4.78 is 51.9. The van der Waals surface area contributed by atoms with Gasteiger partial charge in [-0.2, -0.15) is 12.7 Å². The molecule has 1 N–H and O–H groups in total. The Bertz CT molecular complexity index is 1770. The fourth-order valence-electron chi connectivity index (χ4n) is 5.53. The number of methoxy groups -OCH3 is 1. The second-order valence-electron chi connectivity index (χ2n) is 10.2. The van der Waals surface area contributed by atoms with E-state index in [1.54, 1.807) is 35.0 Å². The highest BCUT2D eigenvalue weighted by molar-refractivity contribution is 7.84. The molecule has 9 bridgehead atoms. The minimum Gasteiger partial charge on any atom is -0.496 e. The maximum absolute atomic E-state index is 13.1. The summed E-state index contributed by atoms with van der Waals surface area (Å²) in [6, 6.07) is 14.1. The van der Waals surface area contributed by atoms with E-state index in [1.807, 2.05) is 25.1 Å². The van der Waals surface area contributed by atoms with Crippen LogP contribution in [-0.2, 0) is 39.5 Å². The maximum atomic E-state index is 13.1. The Morgan fingerprint density at radius 2 is 1.90 bits per heavy atom. The molecule has 1 aromatic heterocycles. The maximum Gasteiger partial charge on any atom is 0.385 e. The van der Waals surface area contributed by atoms with E-state index < -0.39 is 22.2 Å². The number of nitrogens with zero attached hydrogens (tertiary/aromatic N) is 4. The lowest BCUT2D eigenvalue weighted by Gasteiger charge is -2.29. The van der Waals surface area contributed by atoms with Crippen molar-refractivity contribution in [2.75, 3.05) is 26.9 Å². The topological polar surface area (TPSA) is 142 Å². The van der Waals surface area contributed by atoms with Crippen molar-refractivity contribution < 1.29 is 36.7 Å². The third kappa shape index (κ3) is 5.38. The highest BCUT2D eigenvalue weighted by Crippen LogP contribution is 2.38. The zero-order valence-electron chi connectivity index (χ0n) is 23.1. The number of benzene rings is 3. The lowest BCUT2D eigenvalue weighted by Crippen LogP contribution is -2.37. The molecule has 0 saturated heterocycles. The van der Waals surface area contributed by atoms with Gasteiger partial charge < -0.3 is 23.5 Å². The molecule has 13 heteroatoms. The molecule has 7 rings (SSSR count). The first kappa shape index (κ1) is 27.9. The lowest BCUT2D eigenvalue weighted by molar-refractivity contribution is -0.137. The van der Waals surface area contributed by atoms with Crippen LogP contribution in [0.3, 0.4) is 0 Å². The van der Waals surface area contributed by atoms with Crippen LogP contribution in [0.2, 0.25) is 0 Å². The Hall–Kier alpha value is -4.20. The summed E-state index contributed by atoms with van der Waals surface area (Å²) in [5.74, 6) is -0.220. The summed E-state index contributed by atoms with van der Waals surface area (Å²) in [6.45, 7) is 3.43. The molecular formula is C29H30N4O8S. The third-order valence-corrected chi connectivity index (χ3v) is 8.90. The number of carboxylic acids is 1. The molecule has 0 radical (unpaired) electrons. The third-order valence-electron chi connectivity index (χ3n) is 7.62. The molecule has 0 aliphatic carbocycles. The van der Waals surface area contributed by atoms with Gasteiger partial charge in [-0.25, -0.2) is 4.68 Å². The number of carbonyl (C=O) groups is 1. The standard InChI is InChI=1S/C29H30N4O8S/c1-18-23-5-6-25-29(18)30-31-33(25)9-10-39-11-12-40-22-4-8-27-21(14-22)17-32(42(36,37)41-27)16-20-13-19(3-7-26(20)38-2)24(23)15-28(34)35/h3-8,13-14,24H,9-12,15-17H2,1-2H3,(H,34,35). The van der Waals surface area contributed by atoms with E-state index >= 15 is 0 Å². The van der Waals surface area contributed by atoms with Gasteiger partial charge in [-0.1, -0.05) is 23.4 Å². The number of aromatic nitrogens is 3. The molecule has 3 aromatic carbocycles. The molecule has 4 aromatic rings. The van der Waals surface area contributed by atoms with Crippen LogP contribution < -0.4 is 13.7 Å². The van der Waals surface area contributed by atoms with Crippen LogP contribution in [0.5, 0.6) is 17.2 Å². The van der Waals surface area contributed by atoms with E-state index in [0.29, 0.717) is 60.1 Å². The van der Waals surface area contributed by atoms with Crippen LogP contribution in [0.25, 0.3) is 11.0 Å². The van der Waals surface area contributed by atoms with Crippen molar-refractivity contribution in [1.82, 2.24) is 19.3 Å². The molecule has 42 heavy (non-hydrogen) atoms. The smallest absolute Gasteiger partial charge is 0.385 e. The average Bonchev–Trinajstić information content (AvgIpc) is 3.37. The van der Waals surface area contributed by atoms with Crippen LogP contribution >= 0.6 is 0 Å². The molecule has 0 saturated carbocycles. The van der Waals surface area contributed by atoms with E-state index in [9.17, 15) is 18.3 Å². The predicted octanol–water partition coefficient (Wildman–Crippen LogP) is 3.40. The SMILES string of the molecule is COc1ccc2cc1CN1Cc3cc(ccc3OS1(=O)=O)OCCOCCn1nnc3c(C)c(ccc31)C2CC(=O)O. The van der Waals surface area contributed by atoms with Crippen LogP contribution in [-0.4, -0.2) is 65.7 Å². The van der Waals surface area contributed by atoms with Crippen LogP contribution in [0.1, 0.15) is 40.2 Å². The van der Waals surface area contributed by atoms with E-state index in [1.165, 1.54) is 11.4 Å². The first-order valence-electron chi connectivity index (χ1n) is 13.5. The monoisotopic (exact) mass is 594 g/mol. The Morgan fingerprint density at radius 3 is 2.71 bits per heavy atom. The number of hydrogen-bond acceptors (Lipinski definition) is 9. The van der Waals surface area contributed by atoms with Gasteiger partial charge in [0.2, 0.25) is 0 Å². The number of carboxylic acid groups (broad SMARTS) is 1. The normalized spacial score (nSPS) is 20.0. The highest BCUT2D eigenvalue weighted by Gasteiger charge is 2.33. The highest BCUT2D eigenvalue weighted by atomic mass is 32.2. The van der Waals surface area contributed by atoms with Gasteiger partial charge in [0.25, 0.3) is 0 Å². The first-order chi connectivity index (χ1) is 20.2. The van der Waals surface area contributed by atoms with Gasteiger partial charge in [0.15, 0.2) is 0 Å². The number of rotatable bonds is 3. The van der Waals surface area contributed by atoms with E-state index in [-0.39, 0.29) is 25.3 Å². The lowest BCUT2D eigenvalue weighted by atomic mass is 9.85. The molecule has 2 atom stereocenters. The van der Waals surface area contributed by atoms with Gasteiger partial charge in [-0.15, -0.1) is 5.10 Å². The summed E-state index contributed by atoms with van der Waals surface area (Å²) in [4.78, 5) is 12.1. The summed E-state index contributed by atoms with van der Waals surface area (Å²) in [7, 11) is -2.61. The summed E-state index contributed by atoms with van der Waals surface area (Å²) >= 11 is 0. The molecule has 2 unspecified atom stereocenters. The van der Waals surface area contributed by atoms with Gasteiger partial charge in [-0.05, 0) is 53.9 Å². The Labute approximate surface area is 242 Å². The van der Waals surface area contributed by atoms with Crippen LogP contribution in [0.15, 0.2) is 48.5 Å². The van der Waals surface area contributed by atoms with Gasteiger partial charge in [0.1, 0.15) is 29.4 Å². The second kappa shape index (κ2) is 11.2. The fourth-order valence-corrected chi connectivity index (χ4v) is 6.62. The summed E-state index contributed by atoms with van der Waals surface area (Å²) in [5.41, 5.74) is 5.04. The molecule has 4 heterocycles. The summed E-state index contributed by atoms with van der Waals surface area (Å²) in [5, 5.41) is 18.6. The Balaban J connectivity index is 1.47. The number of aliphatic carboxylic acids is 1. The van der Waals surface area contributed by atoms with Crippen molar-refractivity contribution in [2.24, 2.45) is 0 Å². The van der Waals surface area contributed by atoms with Crippen molar-refractivity contribution in [3.8, 4) is 17.2 Å². The largest absolute Gasteiger partial charge is 0.496 e. The zero-order chi connectivity index (χ0) is 29.4. The van der Waals surface area contributed by atoms with E-state index in [2.05, 4.69) is 10.3 Å². The first-order valence-corrected chi connectivity index (χ1v) is 14.8. The molecule has 3 aliphatic rings. The van der Waals surface area contributed by atoms with Gasteiger partial charge in [0.05, 0.1) is 38.8 Å². The van der Waals surface area contributed by atoms with Crippen molar-refractivity contribution in [2.45, 2.75) is 38.9 Å². The van der Waals surface area contributed by atoms with E-state index in [4.69, 9.17) is 18.4 Å². The van der Waals surface area contributed by atoms with Gasteiger partial charge in [-0.3, -0.25) is 4.79 Å². The van der Waals surface area contributed by atoms with Crippen LogP contribution in [0, 0.1) is 6.92 Å². The number of hydrogen-bond donors (Lipinski definition) is 1. The van der Waals surface area contributed by atoms with Crippen molar-refractivity contribution in [3.05, 3.63) is 76.3 Å². The van der Waals surface area contributed by atoms with Crippen LogP contribution in [0.4, 0.5) is 0 Å². The molecule has 0 spiro atoms. The number of ether oxygens (including phenoxy) is 3. The van der Waals surface area contributed by atoms with E-state index in [0.717, 1.165) is 16.6 Å². The minimum absolute atomic E-state index is 0.0517. The number of aryl methyl sites for hydroxylation is 1. The Morgan fingerprint density at radius 1 is 1.07 bits per heavy atom. The Kier molecular flexibility index (Phi) is 7.47. The average molecular weight is 595 g/mol. The second-order valence-corrected chi connectivity index (χ2v) is 11.8. The predicted molar refractivity (Wildman–Crippen MR) is 151 cm³/mol. The fraction of sp³-hybridized carbons (Fsp3) is 0.345. The quantitative estimate of drug-likeness (QED) is 0.375. The molecule has 3 aliphatic heterocycles. The number of fused-ring (bicyclic) bond motifs is 6. The molecule has 12 nitrogen and oxygen atoms in total. The molecule has 220 valence electrons. The van der Waals surface area contributed by atoms with Crippen molar-refractivity contribution in [1.29, 1.82) is 0 Å². The molecule has 0 fully saturated rings. The minimum atomic E-state index is -4.12. The van der Waals surface area contributed by atoms with Gasteiger partial charge in [0, 0.05) is 30.1 Å². The van der Waals surface area contributed by atoms with Gasteiger partial charge >= 0.3 is 16.3 Å². The van der Waals surface area contributed by atoms with Crippen molar-refractivity contribution >= 4 is 27.3 Å². The van der Waals surface area contributed by atoms with Crippen molar-refractivity contribution in [3.63, 3.8) is 0 Å².